The summed E-state index contributed by atoms with van der Waals surface area (Å²) in [6, 6.07) is 8.37. The SMILES string of the molecule is Cc1ncc(S(=O)(=O)NC(C)c2ccc(C#N)cc2)[nH]1. The minimum absolute atomic E-state index is 0.0375. The van der Waals surface area contributed by atoms with Crippen molar-refractivity contribution in [1.29, 1.82) is 5.26 Å². The Morgan fingerprint density at radius 2 is 2.00 bits per heavy atom. The normalized spacial score (nSPS) is 12.8. The van der Waals surface area contributed by atoms with Crippen molar-refractivity contribution in [3.05, 3.63) is 47.4 Å². The van der Waals surface area contributed by atoms with Crippen LogP contribution in [0.2, 0.25) is 0 Å². The molecule has 0 bridgehead atoms. The van der Waals surface area contributed by atoms with Gasteiger partial charge in [0.05, 0.1) is 17.8 Å². The molecule has 1 atom stereocenters. The van der Waals surface area contributed by atoms with E-state index >= 15 is 0 Å². The summed E-state index contributed by atoms with van der Waals surface area (Å²) in [5.41, 5.74) is 1.32. The van der Waals surface area contributed by atoms with Gasteiger partial charge in [0.2, 0.25) is 0 Å². The first kappa shape index (κ1) is 14.2. The van der Waals surface area contributed by atoms with Gasteiger partial charge in [-0.05, 0) is 31.5 Å². The van der Waals surface area contributed by atoms with Crippen LogP contribution in [0.25, 0.3) is 0 Å². The highest BCUT2D eigenvalue weighted by Crippen LogP contribution is 2.16. The predicted octanol–water partition coefficient (Wildman–Crippen LogP) is 1.63. The van der Waals surface area contributed by atoms with Gasteiger partial charge in [-0.2, -0.15) is 5.26 Å². The van der Waals surface area contributed by atoms with Gasteiger partial charge >= 0.3 is 0 Å². The summed E-state index contributed by atoms with van der Waals surface area (Å²) >= 11 is 0. The summed E-state index contributed by atoms with van der Waals surface area (Å²) < 4.78 is 26.8. The van der Waals surface area contributed by atoms with Gasteiger partial charge in [-0.3, -0.25) is 0 Å². The second-order valence-electron chi connectivity index (χ2n) is 4.41. The number of hydrogen-bond donors (Lipinski definition) is 2. The van der Waals surface area contributed by atoms with Crippen molar-refractivity contribution in [2.75, 3.05) is 0 Å². The van der Waals surface area contributed by atoms with E-state index in [1.54, 1.807) is 38.1 Å². The number of aryl methyl sites for hydroxylation is 1. The lowest BCUT2D eigenvalue weighted by molar-refractivity contribution is 0.563. The number of nitrogens with zero attached hydrogens (tertiary/aromatic N) is 2. The van der Waals surface area contributed by atoms with E-state index in [9.17, 15) is 8.42 Å². The van der Waals surface area contributed by atoms with Crippen LogP contribution in [0.15, 0.2) is 35.5 Å². The molecule has 1 heterocycles. The predicted molar refractivity (Wildman–Crippen MR) is 73.2 cm³/mol. The van der Waals surface area contributed by atoms with Crippen LogP contribution in [0.4, 0.5) is 0 Å². The summed E-state index contributed by atoms with van der Waals surface area (Å²) in [5.74, 6) is 0.538. The van der Waals surface area contributed by atoms with Gasteiger partial charge in [0.25, 0.3) is 10.0 Å². The zero-order chi connectivity index (χ0) is 14.8. The minimum Gasteiger partial charge on any atom is -0.332 e. The molecule has 2 rings (SSSR count). The molecule has 0 amide bonds. The molecule has 1 aromatic carbocycles. The molecule has 2 N–H and O–H groups in total. The maximum absolute atomic E-state index is 12.1. The van der Waals surface area contributed by atoms with Gasteiger partial charge in [-0.1, -0.05) is 12.1 Å². The average molecular weight is 290 g/mol. The van der Waals surface area contributed by atoms with Gasteiger partial charge < -0.3 is 4.98 Å². The number of nitrogens with one attached hydrogen (secondary N) is 2. The zero-order valence-corrected chi connectivity index (χ0v) is 11.9. The van der Waals surface area contributed by atoms with Crippen molar-refractivity contribution >= 4 is 10.0 Å². The summed E-state index contributed by atoms with van der Waals surface area (Å²) in [4.78, 5) is 6.56. The van der Waals surface area contributed by atoms with Crippen molar-refractivity contribution in [2.24, 2.45) is 0 Å². The summed E-state index contributed by atoms with van der Waals surface area (Å²) in [6.07, 6.45) is 1.28. The van der Waals surface area contributed by atoms with Gasteiger partial charge in [0.15, 0.2) is 5.03 Å². The lowest BCUT2D eigenvalue weighted by Crippen LogP contribution is -2.27. The van der Waals surface area contributed by atoms with Crippen LogP contribution in [0.3, 0.4) is 0 Å². The third-order valence-corrected chi connectivity index (χ3v) is 4.29. The standard InChI is InChI=1S/C13H14N4O2S/c1-9(12-5-3-11(7-14)4-6-12)17-20(18,19)13-8-15-10(2)16-13/h3-6,8-9,17H,1-2H3,(H,15,16). The van der Waals surface area contributed by atoms with Crippen molar-refractivity contribution < 1.29 is 8.42 Å². The Balaban J connectivity index is 2.18. The average Bonchev–Trinajstić information content (AvgIpc) is 2.86. The van der Waals surface area contributed by atoms with Crippen LogP contribution in [0.1, 0.15) is 29.9 Å². The van der Waals surface area contributed by atoms with Crippen LogP contribution in [0, 0.1) is 18.3 Å². The molecule has 104 valence electrons. The summed E-state index contributed by atoms with van der Waals surface area (Å²) in [6.45, 7) is 3.42. The number of aromatic amines is 1. The molecule has 0 saturated carbocycles. The van der Waals surface area contributed by atoms with Gasteiger partial charge in [0, 0.05) is 6.04 Å². The highest BCUT2D eigenvalue weighted by atomic mass is 32.2. The Morgan fingerprint density at radius 1 is 1.35 bits per heavy atom. The van der Waals surface area contributed by atoms with E-state index < -0.39 is 16.1 Å². The zero-order valence-electron chi connectivity index (χ0n) is 11.1. The molecule has 0 saturated heterocycles. The fourth-order valence-electron chi connectivity index (χ4n) is 1.75. The van der Waals surface area contributed by atoms with Gasteiger partial charge in [-0.25, -0.2) is 18.1 Å². The maximum atomic E-state index is 12.1. The third kappa shape index (κ3) is 3.04. The Morgan fingerprint density at radius 3 is 2.50 bits per heavy atom. The van der Waals surface area contributed by atoms with E-state index in [2.05, 4.69) is 14.7 Å². The molecule has 20 heavy (non-hydrogen) atoms. The Labute approximate surface area is 117 Å². The number of nitriles is 1. The van der Waals surface area contributed by atoms with Crippen LogP contribution >= 0.6 is 0 Å². The maximum Gasteiger partial charge on any atom is 0.258 e. The van der Waals surface area contributed by atoms with Crippen molar-refractivity contribution in [2.45, 2.75) is 24.9 Å². The van der Waals surface area contributed by atoms with Gasteiger partial charge in [0.1, 0.15) is 5.82 Å². The molecule has 0 radical (unpaired) electrons. The number of hydrogen-bond acceptors (Lipinski definition) is 4. The van der Waals surface area contributed by atoms with Crippen LogP contribution in [0.5, 0.6) is 0 Å². The molecule has 1 aromatic heterocycles. The van der Waals surface area contributed by atoms with Crippen molar-refractivity contribution in [1.82, 2.24) is 14.7 Å². The van der Waals surface area contributed by atoms with Crippen LogP contribution in [-0.2, 0) is 10.0 Å². The number of sulfonamides is 1. The lowest BCUT2D eigenvalue weighted by atomic mass is 10.1. The summed E-state index contributed by atoms with van der Waals surface area (Å²) in [5, 5.41) is 8.77. The fraction of sp³-hybridized carbons (Fsp3) is 0.231. The Kier molecular flexibility index (Phi) is 3.88. The largest absolute Gasteiger partial charge is 0.332 e. The molecule has 0 aliphatic carbocycles. The highest BCUT2D eigenvalue weighted by molar-refractivity contribution is 7.89. The van der Waals surface area contributed by atoms with E-state index in [0.717, 1.165) is 5.56 Å². The Bertz CT molecular complexity index is 741. The number of imidazole rings is 1. The molecule has 0 fully saturated rings. The van der Waals surface area contributed by atoms with E-state index in [1.165, 1.54) is 6.20 Å². The third-order valence-electron chi connectivity index (χ3n) is 2.84. The summed E-state index contributed by atoms with van der Waals surface area (Å²) in [7, 11) is -3.64. The molecule has 0 spiro atoms. The monoisotopic (exact) mass is 290 g/mol. The number of rotatable bonds is 4. The number of H-pyrrole nitrogens is 1. The van der Waals surface area contributed by atoms with E-state index in [0.29, 0.717) is 11.4 Å². The quantitative estimate of drug-likeness (QED) is 0.894. The molecular weight excluding hydrogens is 276 g/mol. The molecular formula is C13H14N4O2S. The fourth-order valence-corrected chi connectivity index (χ4v) is 2.95. The lowest BCUT2D eigenvalue weighted by Gasteiger charge is -2.13. The second-order valence-corrected chi connectivity index (χ2v) is 6.09. The van der Waals surface area contributed by atoms with E-state index in [-0.39, 0.29) is 5.03 Å². The minimum atomic E-state index is -3.64. The molecule has 7 heteroatoms. The highest BCUT2D eigenvalue weighted by Gasteiger charge is 2.20. The molecule has 0 aliphatic rings. The van der Waals surface area contributed by atoms with Gasteiger partial charge in [-0.15, -0.1) is 0 Å². The number of benzene rings is 1. The molecule has 6 nitrogen and oxygen atoms in total. The van der Waals surface area contributed by atoms with E-state index in [4.69, 9.17) is 5.26 Å². The molecule has 1 unspecified atom stereocenters. The van der Waals surface area contributed by atoms with Crippen LogP contribution < -0.4 is 4.72 Å². The van der Waals surface area contributed by atoms with Crippen LogP contribution in [-0.4, -0.2) is 18.4 Å². The second kappa shape index (κ2) is 5.45. The first-order valence-corrected chi connectivity index (χ1v) is 7.44. The first-order chi connectivity index (χ1) is 9.42. The van der Waals surface area contributed by atoms with Crippen molar-refractivity contribution in [3.63, 3.8) is 0 Å². The smallest absolute Gasteiger partial charge is 0.258 e. The topological polar surface area (TPSA) is 98.6 Å². The Hall–Kier alpha value is -2.17. The van der Waals surface area contributed by atoms with Crippen molar-refractivity contribution in [3.8, 4) is 6.07 Å². The van der Waals surface area contributed by atoms with E-state index in [1.807, 2.05) is 6.07 Å². The number of aromatic nitrogens is 2. The molecule has 0 aliphatic heterocycles. The first-order valence-electron chi connectivity index (χ1n) is 5.96. The molecule has 2 aromatic rings.